The van der Waals surface area contributed by atoms with E-state index in [0.29, 0.717) is 0 Å². The van der Waals surface area contributed by atoms with E-state index >= 15 is 0 Å². The summed E-state index contributed by atoms with van der Waals surface area (Å²) in [6.07, 6.45) is 5.53. The van der Waals surface area contributed by atoms with Crippen LogP contribution in [0.4, 0.5) is 0 Å². The second-order valence-corrected chi connectivity index (χ2v) is 5.00. The number of rotatable bonds is 1. The van der Waals surface area contributed by atoms with Crippen LogP contribution in [0.25, 0.3) is 32.8 Å². The molecule has 0 saturated heterocycles. The second kappa shape index (κ2) is 4.56. The minimum Gasteiger partial charge on any atom is -0.508 e. The lowest BCUT2D eigenvalue weighted by molar-refractivity contribution is 0.475. The average Bonchev–Trinajstić information content (AvgIpc) is 2.55. The summed E-state index contributed by atoms with van der Waals surface area (Å²) >= 11 is 0. The zero-order valence-electron chi connectivity index (χ0n) is 11.2. The molecule has 0 amide bonds. The molecule has 1 N–H and O–H groups in total. The van der Waals surface area contributed by atoms with Gasteiger partial charge in [-0.2, -0.15) is 0 Å². The van der Waals surface area contributed by atoms with Crippen molar-refractivity contribution in [1.82, 2.24) is 9.97 Å². The second-order valence-electron chi connectivity index (χ2n) is 5.00. The smallest absolute Gasteiger partial charge is 0.115 e. The molecule has 0 fully saturated rings. The van der Waals surface area contributed by atoms with E-state index in [-0.39, 0.29) is 5.75 Å². The first-order chi connectivity index (χ1) is 10.3. The fourth-order valence-electron chi connectivity index (χ4n) is 2.58. The molecule has 0 spiro atoms. The minimum absolute atomic E-state index is 0.266. The molecule has 2 heterocycles. The molecule has 0 aliphatic rings. The third-order valence-electron chi connectivity index (χ3n) is 3.68. The molecule has 0 aliphatic heterocycles. The Morgan fingerprint density at radius 1 is 0.762 bits per heavy atom. The Morgan fingerprint density at radius 3 is 2.48 bits per heavy atom. The number of phenols is 1. The fourth-order valence-corrected chi connectivity index (χ4v) is 2.58. The number of aromatic hydroxyl groups is 1. The van der Waals surface area contributed by atoms with Crippen molar-refractivity contribution in [2.24, 2.45) is 0 Å². The predicted molar refractivity (Wildman–Crippen MR) is 84.1 cm³/mol. The first kappa shape index (κ1) is 11.9. The maximum Gasteiger partial charge on any atom is 0.115 e. The summed E-state index contributed by atoms with van der Waals surface area (Å²) < 4.78 is 0. The van der Waals surface area contributed by atoms with Gasteiger partial charge < -0.3 is 5.11 Å². The van der Waals surface area contributed by atoms with Gasteiger partial charge in [0.15, 0.2) is 0 Å². The normalized spacial score (nSPS) is 11.0. The Bertz CT molecular complexity index is 946. The van der Waals surface area contributed by atoms with E-state index in [1.165, 1.54) is 0 Å². The summed E-state index contributed by atoms with van der Waals surface area (Å²) in [7, 11) is 0. The number of pyridine rings is 2. The van der Waals surface area contributed by atoms with Crippen LogP contribution in [0.2, 0.25) is 0 Å². The number of hydrogen-bond acceptors (Lipinski definition) is 3. The third-order valence-corrected chi connectivity index (χ3v) is 3.68. The van der Waals surface area contributed by atoms with Gasteiger partial charge in [-0.15, -0.1) is 0 Å². The lowest BCUT2D eigenvalue weighted by Gasteiger charge is -2.06. The Kier molecular flexibility index (Phi) is 2.57. The van der Waals surface area contributed by atoms with E-state index in [1.54, 1.807) is 18.3 Å². The van der Waals surface area contributed by atoms with Gasteiger partial charge in [-0.25, -0.2) is 0 Å². The number of benzene rings is 2. The highest BCUT2D eigenvalue weighted by Crippen LogP contribution is 2.28. The van der Waals surface area contributed by atoms with Crippen molar-refractivity contribution >= 4 is 21.7 Å². The van der Waals surface area contributed by atoms with E-state index in [4.69, 9.17) is 0 Å². The molecule has 0 saturated carbocycles. The van der Waals surface area contributed by atoms with Gasteiger partial charge in [-0.3, -0.25) is 9.97 Å². The maximum atomic E-state index is 9.39. The number of nitrogens with zero attached hydrogens (tertiary/aromatic N) is 2. The van der Waals surface area contributed by atoms with Gasteiger partial charge in [-0.05, 0) is 41.3 Å². The lowest BCUT2D eigenvalue weighted by atomic mass is 10.0. The molecule has 2 aromatic heterocycles. The number of phenolic OH excluding ortho intramolecular Hbond substituents is 1. The summed E-state index contributed by atoms with van der Waals surface area (Å²) in [6.45, 7) is 0. The summed E-state index contributed by atoms with van der Waals surface area (Å²) in [6, 6.07) is 15.4. The molecular weight excluding hydrogens is 260 g/mol. The highest BCUT2D eigenvalue weighted by atomic mass is 16.3. The number of aromatic nitrogens is 2. The number of hydrogen-bond donors (Lipinski definition) is 1. The molecule has 0 bridgehead atoms. The van der Waals surface area contributed by atoms with Gasteiger partial charge in [0.25, 0.3) is 0 Å². The first-order valence-electron chi connectivity index (χ1n) is 6.73. The van der Waals surface area contributed by atoms with Crippen LogP contribution in [0.15, 0.2) is 67.1 Å². The molecule has 0 aliphatic carbocycles. The van der Waals surface area contributed by atoms with Crippen LogP contribution in [0.3, 0.4) is 0 Å². The quantitative estimate of drug-likeness (QED) is 0.529. The maximum absolute atomic E-state index is 9.39. The standard InChI is InChI=1S/C18H12N2O/c21-15-4-1-12(2-5-15)14-9-16-17-11-19-8-7-13(17)3-6-18(16)20-10-14/h1-11,21H. The van der Waals surface area contributed by atoms with Gasteiger partial charge >= 0.3 is 0 Å². The number of fused-ring (bicyclic) bond motifs is 3. The van der Waals surface area contributed by atoms with Gasteiger partial charge in [0.05, 0.1) is 5.52 Å². The van der Waals surface area contributed by atoms with Crippen molar-refractivity contribution in [1.29, 1.82) is 0 Å². The Hall–Kier alpha value is -2.94. The molecule has 2 aromatic carbocycles. The lowest BCUT2D eigenvalue weighted by Crippen LogP contribution is -1.85. The van der Waals surface area contributed by atoms with Crippen molar-refractivity contribution in [3.05, 3.63) is 67.1 Å². The highest BCUT2D eigenvalue weighted by Gasteiger charge is 2.05. The SMILES string of the molecule is Oc1ccc(-c2cnc3ccc4ccncc4c3c2)cc1. The van der Waals surface area contributed by atoms with Crippen molar-refractivity contribution in [2.45, 2.75) is 0 Å². The van der Waals surface area contributed by atoms with Crippen LogP contribution in [0.1, 0.15) is 0 Å². The predicted octanol–water partition coefficient (Wildman–Crippen LogP) is 4.16. The van der Waals surface area contributed by atoms with Crippen molar-refractivity contribution in [2.75, 3.05) is 0 Å². The Labute approximate surface area is 121 Å². The van der Waals surface area contributed by atoms with E-state index in [9.17, 15) is 5.11 Å². The zero-order chi connectivity index (χ0) is 14.2. The van der Waals surface area contributed by atoms with Gasteiger partial charge in [0.1, 0.15) is 5.75 Å². The monoisotopic (exact) mass is 272 g/mol. The Balaban J connectivity index is 2.00. The molecule has 4 rings (SSSR count). The summed E-state index contributed by atoms with van der Waals surface area (Å²) in [5.41, 5.74) is 3.01. The van der Waals surface area contributed by atoms with Crippen LogP contribution in [-0.2, 0) is 0 Å². The molecule has 4 aromatic rings. The minimum atomic E-state index is 0.266. The fraction of sp³-hybridized carbons (Fsp3) is 0. The average molecular weight is 272 g/mol. The first-order valence-corrected chi connectivity index (χ1v) is 6.73. The largest absolute Gasteiger partial charge is 0.508 e. The molecule has 21 heavy (non-hydrogen) atoms. The Morgan fingerprint density at radius 2 is 1.62 bits per heavy atom. The molecule has 0 atom stereocenters. The van der Waals surface area contributed by atoms with E-state index in [1.807, 2.05) is 36.7 Å². The molecule has 3 heteroatoms. The van der Waals surface area contributed by atoms with Crippen molar-refractivity contribution in [3.8, 4) is 16.9 Å². The summed E-state index contributed by atoms with van der Waals surface area (Å²) in [5.74, 6) is 0.266. The zero-order valence-corrected chi connectivity index (χ0v) is 11.2. The van der Waals surface area contributed by atoms with Crippen LogP contribution < -0.4 is 0 Å². The van der Waals surface area contributed by atoms with E-state index in [0.717, 1.165) is 32.8 Å². The summed E-state index contributed by atoms with van der Waals surface area (Å²) in [4.78, 5) is 8.76. The summed E-state index contributed by atoms with van der Waals surface area (Å²) in [5, 5.41) is 12.7. The van der Waals surface area contributed by atoms with Crippen molar-refractivity contribution in [3.63, 3.8) is 0 Å². The van der Waals surface area contributed by atoms with E-state index < -0.39 is 0 Å². The van der Waals surface area contributed by atoms with Crippen molar-refractivity contribution < 1.29 is 5.11 Å². The molecule has 3 nitrogen and oxygen atoms in total. The van der Waals surface area contributed by atoms with Gasteiger partial charge in [0, 0.05) is 34.9 Å². The third kappa shape index (κ3) is 1.99. The van der Waals surface area contributed by atoms with Crippen LogP contribution in [-0.4, -0.2) is 15.1 Å². The molecular formula is C18H12N2O. The van der Waals surface area contributed by atoms with E-state index in [2.05, 4.69) is 22.1 Å². The van der Waals surface area contributed by atoms with Gasteiger partial charge in [0.2, 0.25) is 0 Å². The topological polar surface area (TPSA) is 46.0 Å². The molecule has 0 radical (unpaired) electrons. The van der Waals surface area contributed by atoms with Gasteiger partial charge in [-0.1, -0.05) is 18.2 Å². The van der Waals surface area contributed by atoms with Crippen LogP contribution >= 0.6 is 0 Å². The molecule has 100 valence electrons. The molecule has 0 unspecified atom stereocenters. The highest BCUT2D eigenvalue weighted by molar-refractivity contribution is 6.06. The van der Waals surface area contributed by atoms with Crippen LogP contribution in [0, 0.1) is 0 Å². The van der Waals surface area contributed by atoms with Crippen LogP contribution in [0.5, 0.6) is 5.75 Å².